The van der Waals surface area contributed by atoms with Gasteiger partial charge in [0, 0.05) is 19.4 Å². The van der Waals surface area contributed by atoms with Gasteiger partial charge in [0.15, 0.2) is 0 Å². The number of aliphatic hydroxyl groups excluding tert-OH is 1. The molecule has 2 saturated heterocycles. The van der Waals surface area contributed by atoms with Gasteiger partial charge in [-0.1, -0.05) is 0 Å². The van der Waals surface area contributed by atoms with E-state index in [1.807, 2.05) is 0 Å². The smallest absolute Gasteiger partial charge is 0.326 e. The average molecular weight is 256 g/mol. The molecule has 18 heavy (non-hydrogen) atoms. The number of nitrogens with one attached hydrogen (secondary N) is 1. The number of hydrogen-bond acceptors (Lipinski definition) is 4. The van der Waals surface area contributed by atoms with Gasteiger partial charge in [0.25, 0.3) is 0 Å². The Bertz CT molecular complexity index is 328. The number of piperidine rings is 1. The SMILES string of the molecule is O=C(O)[C@@H]1C[C@@H](O)CN1C(=O)CC1CCCNC1. The van der Waals surface area contributed by atoms with Gasteiger partial charge in [-0.2, -0.15) is 0 Å². The van der Waals surface area contributed by atoms with Crippen LogP contribution in [0.5, 0.6) is 0 Å². The highest BCUT2D eigenvalue weighted by atomic mass is 16.4. The lowest BCUT2D eigenvalue weighted by atomic mass is 9.95. The molecule has 0 spiro atoms. The van der Waals surface area contributed by atoms with Gasteiger partial charge < -0.3 is 20.4 Å². The predicted molar refractivity (Wildman–Crippen MR) is 64.0 cm³/mol. The zero-order valence-electron chi connectivity index (χ0n) is 10.3. The highest BCUT2D eigenvalue weighted by Gasteiger charge is 2.39. The Morgan fingerprint density at radius 2 is 2.17 bits per heavy atom. The fraction of sp³-hybridized carbons (Fsp3) is 0.833. The summed E-state index contributed by atoms with van der Waals surface area (Å²) in [5.74, 6) is -0.882. The van der Waals surface area contributed by atoms with Gasteiger partial charge in [-0.25, -0.2) is 4.79 Å². The van der Waals surface area contributed by atoms with Crippen LogP contribution in [0.1, 0.15) is 25.7 Å². The molecule has 2 rings (SSSR count). The van der Waals surface area contributed by atoms with E-state index in [9.17, 15) is 14.7 Å². The lowest BCUT2D eigenvalue weighted by Gasteiger charge is -2.26. The molecule has 0 aromatic rings. The van der Waals surface area contributed by atoms with Gasteiger partial charge in [0.2, 0.25) is 5.91 Å². The van der Waals surface area contributed by atoms with Crippen molar-refractivity contribution in [2.45, 2.75) is 37.8 Å². The third-order valence-electron chi connectivity index (χ3n) is 3.75. The van der Waals surface area contributed by atoms with Gasteiger partial charge in [0.1, 0.15) is 6.04 Å². The van der Waals surface area contributed by atoms with Gasteiger partial charge in [-0.05, 0) is 31.8 Å². The van der Waals surface area contributed by atoms with Crippen LogP contribution in [0.15, 0.2) is 0 Å². The summed E-state index contributed by atoms with van der Waals surface area (Å²) in [6.45, 7) is 1.96. The third-order valence-corrected chi connectivity index (χ3v) is 3.75. The van der Waals surface area contributed by atoms with Crippen molar-refractivity contribution in [1.82, 2.24) is 10.2 Å². The summed E-state index contributed by atoms with van der Waals surface area (Å²) in [6, 6.07) is -0.857. The van der Waals surface area contributed by atoms with Crippen LogP contribution in [-0.4, -0.2) is 58.8 Å². The van der Waals surface area contributed by atoms with E-state index in [1.165, 1.54) is 4.90 Å². The highest BCUT2D eigenvalue weighted by molar-refractivity contribution is 5.84. The first-order valence-electron chi connectivity index (χ1n) is 6.49. The van der Waals surface area contributed by atoms with Crippen LogP contribution >= 0.6 is 0 Å². The second-order valence-corrected chi connectivity index (χ2v) is 5.21. The van der Waals surface area contributed by atoms with Crippen molar-refractivity contribution >= 4 is 11.9 Å². The fourth-order valence-corrected chi connectivity index (χ4v) is 2.79. The first-order valence-corrected chi connectivity index (χ1v) is 6.49. The van der Waals surface area contributed by atoms with Crippen molar-refractivity contribution in [2.75, 3.05) is 19.6 Å². The van der Waals surface area contributed by atoms with E-state index in [0.717, 1.165) is 25.9 Å². The molecular formula is C12H20N2O4. The summed E-state index contributed by atoms with van der Waals surface area (Å²) in [5, 5.41) is 21.8. The minimum atomic E-state index is -1.03. The molecule has 1 unspecified atom stereocenters. The number of nitrogens with zero attached hydrogens (tertiary/aromatic N) is 1. The number of aliphatic carboxylic acids is 1. The van der Waals surface area contributed by atoms with E-state index in [4.69, 9.17) is 5.11 Å². The number of likely N-dealkylation sites (tertiary alicyclic amines) is 1. The molecule has 0 aromatic heterocycles. The minimum Gasteiger partial charge on any atom is -0.480 e. The van der Waals surface area contributed by atoms with Crippen molar-refractivity contribution in [2.24, 2.45) is 5.92 Å². The maximum Gasteiger partial charge on any atom is 0.326 e. The first kappa shape index (κ1) is 13.3. The van der Waals surface area contributed by atoms with Gasteiger partial charge >= 0.3 is 5.97 Å². The zero-order chi connectivity index (χ0) is 13.1. The molecule has 0 aliphatic carbocycles. The second-order valence-electron chi connectivity index (χ2n) is 5.21. The number of β-amino-alcohol motifs (C(OH)–C–C–N with tert-alkyl or cyclic N) is 1. The molecule has 6 heteroatoms. The standard InChI is InChI=1S/C12H20N2O4/c15-9-5-10(12(17)18)14(7-9)11(16)4-8-2-1-3-13-6-8/h8-10,13,15H,1-7H2,(H,17,18)/t8?,9-,10+/m1/s1. The van der Waals surface area contributed by atoms with Crippen molar-refractivity contribution in [3.05, 3.63) is 0 Å². The van der Waals surface area contributed by atoms with Crippen LogP contribution in [0, 0.1) is 5.92 Å². The van der Waals surface area contributed by atoms with Crippen LogP contribution < -0.4 is 5.32 Å². The number of hydrogen-bond donors (Lipinski definition) is 3. The van der Waals surface area contributed by atoms with E-state index in [0.29, 0.717) is 12.3 Å². The number of amides is 1. The zero-order valence-corrected chi connectivity index (χ0v) is 10.3. The van der Waals surface area contributed by atoms with E-state index in [1.54, 1.807) is 0 Å². The highest BCUT2D eigenvalue weighted by Crippen LogP contribution is 2.22. The van der Waals surface area contributed by atoms with Crippen molar-refractivity contribution in [3.8, 4) is 0 Å². The Morgan fingerprint density at radius 1 is 1.39 bits per heavy atom. The maximum absolute atomic E-state index is 12.1. The van der Waals surface area contributed by atoms with Crippen molar-refractivity contribution < 1.29 is 19.8 Å². The molecule has 3 atom stereocenters. The summed E-state index contributed by atoms with van der Waals surface area (Å²) in [5.41, 5.74) is 0. The molecule has 2 aliphatic rings. The Balaban J connectivity index is 1.92. The van der Waals surface area contributed by atoms with E-state index >= 15 is 0 Å². The molecule has 1 amide bonds. The summed E-state index contributed by atoms with van der Waals surface area (Å²) >= 11 is 0. The van der Waals surface area contributed by atoms with E-state index in [2.05, 4.69) is 5.32 Å². The Hall–Kier alpha value is -1.14. The number of aliphatic hydroxyl groups is 1. The third kappa shape index (κ3) is 3.00. The van der Waals surface area contributed by atoms with E-state index < -0.39 is 18.1 Å². The number of carboxylic acid groups (broad SMARTS) is 1. The predicted octanol–water partition coefficient (Wildman–Crippen LogP) is -0.577. The Kier molecular flexibility index (Phi) is 4.19. The molecular weight excluding hydrogens is 236 g/mol. The van der Waals surface area contributed by atoms with Gasteiger partial charge in [0.05, 0.1) is 6.10 Å². The molecule has 0 bridgehead atoms. The maximum atomic E-state index is 12.1. The molecule has 3 N–H and O–H groups in total. The van der Waals surface area contributed by atoms with Gasteiger partial charge in [-0.3, -0.25) is 4.79 Å². The summed E-state index contributed by atoms with van der Waals surface area (Å²) < 4.78 is 0. The largest absolute Gasteiger partial charge is 0.480 e. The summed E-state index contributed by atoms with van der Waals surface area (Å²) in [4.78, 5) is 24.5. The van der Waals surface area contributed by atoms with Crippen LogP contribution in [0.2, 0.25) is 0 Å². The van der Waals surface area contributed by atoms with Crippen molar-refractivity contribution in [1.29, 1.82) is 0 Å². The van der Waals surface area contributed by atoms with Gasteiger partial charge in [-0.15, -0.1) is 0 Å². The van der Waals surface area contributed by atoms with Crippen LogP contribution in [-0.2, 0) is 9.59 Å². The molecule has 2 heterocycles. The molecule has 6 nitrogen and oxygen atoms in total. The second kappa shape index (κ2) is 5.67. The normalized spacial score (nSPS) is 32.5. The molecule has 0 aromatic carbocycles. The lowest BCUT2D eigenvalue weighted by Crippen LogP contribution is -2.42. The Morgan fingerprint density at radius 3 is 2.78 bits per heavy atom. The molecule has 2 aliphatic heterocycles. The minimum absolute atomic E-state index is 0.143. The number of carbonyl (C=O) groups excluding carboxylic acids is 1. The van der Waals surface area contributed by atoms with Crippen LogP contribution in [0.3, 0.4) is 0 Å². The topological polar surface area (TPSA) is 89.9 Å². The fourth-order valence-electron chi connectivity index (χ4n) is 2.79. The molecule has 2 fully saturated rings. The summed E-state index contributed by atoms with van der Waals surface area (Å²) in [7, 11) is 0. The monoisotopic (exact) mass is 256 g/mol. The number of rotatable bonds is 3. The quantitative estimate of drug-likeness (QED) is 0.629. The van der Waals surface area contributed by atoms with Crippen LogP contribution in [0.4, 0.5) is 0 Å². The number of carboxylic acids is 1. The molecule has 102 valence electrons. The summed E-state index contributed by atoms with van der Waals surface area (Å²) in [6.07, 6.45) is 1.88. The van der Waals surface area contributed by atoms with Crippen molar-refractivity contribution in [3.63, 3.8) is 0 Å². The molecule has 0 saturated carbocycles. The average Bonchev–Trinajstić information content (AvgIpc) is 2.73. The molecule has 0 radical (unpaired) electrons. The lowest BCUT2D eigenvalue weighted by molar-refractivity contribution is -0.148. The van der Waals surface area contributed by atoms with E-state index in [-0.39, 0.29) is 18.9 Å². The number of carbonyl (C=O) groups is 2. The Labute approximate surface area is 106 Å². The first-order chi connectivity index (χ1) is 8.58. The van der Waals surface area contributed by atoms with Crippen LogP contribution in [0.25, 0.3) is 0 Å².